The van der Waals surface area contributed by atoms with Gasteiger partial charge in [0.15, 0.2) is 0 Å². The second-order valence-electron chi connectivity index (χ2n) is 4.07. The zero-order valence-electron chi connectivity index (χ0n) is 12.8. The molecule has 100 valence electrons. The lowest BCUT2D eigenvalue weighted by atomic mass is 9.93. The molecule has 0 aromatic rings. The van der Waals surface area contributed by atoms with Crippen molar-refractivity contribution < 1.29 is 4.79 Å². The van der Waals surface area contributed by atoms with E-state index in [1.807, 2.05) is 41.8 Å². The molecule has 3 nitrogen and oxygen atoms in total. The molecule has 0 spiro atoms. The molecule has 0 fully saturated rings. The van der Waals surface area contributed by atoms with Crippen molar-refractivity contribution in [1.29, 1.82) is 0 Å². The van der Waals surface area contributed by atoms with Crippen LogP contribution >= 0.6 is 0 Å². The average molecular weight is 232 g/mol. The monoisotopic (exact) mass is 232 g/mol. The predicted molar refractivity (Wildman–Crippen MR) is 73.7 cm³/mol. The molecule has 3 heteroatoms. The van der Waals surface area contributed by atoms with Crippen molar-refractivity contribution in [2.75, 3.05) is 27.2 Å². The van der Waals surface area contributed by atoms with Crippen molar-refractivity contribution in [3.63, 3.8) is 0 Å². The van der Waals surface area contributed by atoms with Gasteiger partial charge < -0.3 is 10.2 Å². The molecule has 0 aliphatic heterocycles. The normalized spacial score (nSPS) is 9.31. The molecule has 0 rings (SSSR count). The van der Waals surface area contributed by atoms with E-state index >= 15 is 0 Å². The molecular weight excluding hydrogens is 200 g/mol. The standard InChI is InChI=1S/C9H20N2O.2C2H6/c1-8(12)11(5)7-9(2,3)6-10-4;2*1-2/h10H,6-7H2,1-5H3;2*1-2H3. The Hall–Kier alpha value is -0.570. The van der Waals surface area contributed by atoms with Crippen molar-refractivity contribution in [1.82, 2.24) is 10.2 Å². The summed E-state index contributed by atoms with van der Waals surface area (Å²) in [7, 11) is 3.76. The van der Waals surface area contributed by atoms with Crippen LogP contribution in [0.25, 0.3) is 0 Å². The molecule has 0 aromatic heterocycles. The molecule has 1 amide bonds. The van der Waals surface area contributed by atoms with Gasteiger partial charge in [-0.15, -0.1) is 0 Å². The first-order valence-electron chi connectivity index (χ1n) is 6.25. The number of carbonyl (C=O) groups excluding carboxylic acids is 1. The number of rotatable bonds is 4. The van der Waals surface area contributed by atoms with Crippen LogP contribution in [0.4, 0.5) is 0 Å². The number of nitrogens with zero attached hydrogens (tertiary/aromatic N) is 1. The minimum atomic E-state index is 0.124. The third-order valence-electron chi connectivity index (χ3n) is 1.86. The minimum Gasteiger partial charge on any atom is -0.345 e. The van der Waals surface area contributed by atoms with E-state index in [9.17, 15) is 4.79 Å². The van der Waals surface area contributed by atoms with E-state index < -0.39 is 0 Å². The van der Waals surface area contributed by atoms with Crippen LogP contribution < -0.4 is 5.32 Å². The molecule has 0 heterocycles. The first-order chi connectivity index (χ1) is 7.39. The Balaban J connectivity index is -0.000000376. The molecule has 1 N–H and O–H groups in total. The van der Waals surface area contributed by atoms with E-state index in [1.165, 1.54) is 0 Å². The highest BCUT2D eigenvalue weighted by Crippen LogP contribution is 2.14. The third-order valence-corrected chi connectivity index (χ3v) is 1.86. The highest BCUT2D eigenvalue weighted by atomic mass is 16.2. The van der Waals surface area contributed by atoms with Gasteiger partial charge in [0.1, 0.15) is 0 Å². The summed E-state index contributed by atoms with van der Waals surface area (Å²) in [6.45, 7) is 15.6. The van der Waals surface area contributed by atoms with E-state index in [2.05, 4.69) is 19.2 Å². The van der Waals surface area contributed by atoms with Gasteiger partial charge >= 0.3 is 0 Å². The Morgan fingerprint density at radius 1 is 1.19 bits per heavy atom. The molecule has 0 saturated carbocycles. The molecule has 0 unspecified atom stereocenters. The van der Waals surface area contributed by atoms with Crippen molar-refractivity contribution in [2.45, 2.75) is 48.5 Å². The summed E-state index contributed by atoms with van der Waals surface area (Å²) in [4.78, 5) is 12.7. The second-order valence-corrected chi connectivity index (χ2v) is 4.07. The van der Waals surface area contributed by atoms with E-state index in [-0.39, 0.29) is 11.3 Å². The van der Waals surface area contributed by atoms with Crippen LogP contribution in [0.1, 0.15) is 48.5 Å². The molecule has 0 bridgehead atoms. The van der Waals surface area contributed by atoms with Crippen LogP contribution in [0.5, 0.6) is 0 Å². The zero-order chi connectivity index (χ0) is 13.8. The Kier molecular flexibility index (Phi) is 16.2. The summed E-state index contributed by atoms with van der Waals surface area (Å²) >= 11 is 0. The fourth-order valence-corrected chi connectivity index (χ4v) is 1.29. The van der Waals surface area contributed by atoms with Crippen molar-refractivity contribution >= 4 is 5.91 Å². The van der Waals surface area contributed by atoms with Gasteiger partial charge in [0.2, 0.25) is 5.91 Å². The Labute approximate surface area is 103 Å². The first kappa shape index (κ1) is 20.8. The van der Waals surface area contributed by atoms with Gasteiger partial charge in [0, 0.05) is 27.1 Å². The maximum Gasteiger partial charge on any atom is 0.219 e. The van der Waals surface area contributed by atoms with Crippen LogP contribution in [0.3, 0.4) is 0 Å². The molecule has 0 aromatic carbocycles. The van der Waals surface area contributed by atoms with Gasteiger partial charge in [-0.1, -0.05) is 41.5 Å². The summed E-state index contributed by atoms with van der Waals surface area (Å²) in [6.07, 6.45) is 0. The van der Waals surface area contributed by atoms with Crippen molar-refractivity contribution in [3.05, 3.63) is 0 Å². The van der Waals surface area contributed by atoms with Crippen molar-refractivity contribution in [2.24, 2.45) is 5.41 Å². The number of nitrogens with one attached hydrogen (secondary N) is 1. The van der Waals surface area contributed by atoms with E-state index in [0.717, 1.165) is 13.1 Å². The van der Waals surface area contributed by atoms with Gasteiger partial charge in [0.25, 0.3) is 0 Å². The van der Waals surface area contributed by atoms with Crippen LogP contribution in [0.2, 0.25) is 0 Å². The lowest BCUT2D eigenvalue weighted by molar-refractivity contribution is -0.128. The fourth-order valence-electron chi connectivity index (χ4n) is 1.29. The van der Waals surface area contributed by atoms with E-state index in [4.69, 9.17) is 0 Å². The van der Waals surface area contributed by atoms with Crippen LogP contribution in [-0.2, 0) is 4.79 Å². The minimum absolute atomic E-state index is 0.124. The molecule has 16 heavy (non-hydrogen) atoms. The van der Waals surface area contributed by atoms with Gasteiger partial charge in [-0.25, -0.2) is 0 Å². The number of hydrogen-bond donors (Lipinski definition) is 1. The largest absolute Gasteiger partial charge is 0.345 e. The molecule has 0 radical (unpaired) electrons. The lowest BCUT2D eigenvalue weighted by Gasteiger charge is -2.29. The van der Waals surface area contributed by atoms with Gasteiger partial charge in [-0.2, -0.15) is 0 Å². The predicted octanol–water partition coefficient (Wildman–Crippen LogP) is 2.76. The molecule has 0 atom stereocenters. The quantitative estimate of drug-likeness (QED) is 0.808. The summed E-state index contributed by atoms with van der Waals surface area (Å²) in [6, 6.07) is 0. The Morgan fingerprint density at radius 2 is 1.56 bits per heavy atom. The van der Waals surface area contributed by atoms with Gasteiger partial charge in [0.05, 0.1) is 0 Å². The van der Waals surface area contributed by atoms with E-state index in [1.54, 1.807) is 11.8 Å². The third kappa shape index (κ3) is 13.4. The molecule has 0 aliphatic carbocycles. The smallest absolute Gasteiger partial charge is 0.219 e. The summed E-state index contributed by atoms with van der Waals surface area (Å²) in [5, 5.41) is 3.11. The Morgan fingerprint density at radius 3 is 1.81 bits per heavy atom. The molecular formula is C13H32N2O. The first-order valence-corrected chi connectivity index (χ1v) is 6.25. The van der Waals surface area contributed by atoms with Gasteiger partial charge in [-0.05, 0) is 12.5 Å². The van der Waals surface area contributed by atoms with Crippen LogP contribution in [0, 0.1) is 5.41 Å². The summed E-state index contributed by atoms with van der Waals surface area (Å²) in [5.41, 5.74) is 0.148. The second kappa shape index (κ2) is 12.5. The summed E-state index contributed by atoms with van der Waals surface area (Å²) in [5.74, 6) is 0.124. The number of carbonyl (C=O) groups is 1. The van der Waals surface area contributed by atoms with Gasteiger partial charge in [-0.3, -0.25) is 4.79 Å². The van der Waals surface area contributed by atoms with E-state index in [0.29, 0.717) is 0 Å². The zero-order valence-corrected chi connectivity index (χ0v) is 12.8. The van der Waals surface area contributed by atoms with Crippen LogP contribution in [-0.4, -0.2) is 38.0 Å². The lowest BCUT2D eigenvalue weighted by Crippen LogP contribution is -2.39. The average Bonchev–Trinajstić information content (AvgIpc) is 2.22. The summed E-state index contributed by atoms with van der Waals surface area (Å²) < 4.78 is 0. The Bertz CT molecular complexity index is 156. The number of amides is 1. The maximum atomic E-state index is 10.9. The topological polar surface area (TPSA) is 32.3 Å². The molecule has 0 aliphatic rings. The maximum absolute atomic E-state index is 10.9. The highest BCUT2D eigenvalue weighted by Gasteiger charge is 2.19. The van der Waals surface area contributed by atoms with Crippen LogP contribution in [0.15, 0.2) is 0 Å². The SMILES string of the molecule is CC.CC.CNCC(C)(C)CN(C)C(C)=O. The van der Waals surface area contributed by atoms with Crippen molar-refractivity contribution in [3.8, 4) is 0 Å². The molecule has 0 saturated heterocycles. The highest BCUT2D eigenvalue weighted by molar-refractivity contribution is 5.72. The number of hydrogen-bond acceptors (Lipinski definition) is 2. The fraction of sp³-hybridized carbons (Fsp3) is 0.923.